The lowest BCUT2D eigenvalue weighted by molar-refractivity contribution is -0.138. The van der Waals surface area contributed by atoms with Gasteiger partial charge in [-0.15, -0.1) is 0 Å². The largest absolute Gasteiger partial charge is 0.462 e. The van der Waals surface area contributed by atoms with Crippen molar-refractivity contribution < 1.29 is 9.53 Å². The number of rotatable bonds is 7. The third-order valence-electron chi connectivity index (χ3n) is 5.49. The SMILES string of the molecule is CCOC(=O)/C(C#N)=C/C=C(/c1ccc(Cl)cc1)N1CCC(Cc2ccccc2)CC1. The molecular formula is C26H27ClN2O2. The maximum atomic E-state index is 12.0. The summed E-state index contributed by atoms with van der Waals surface area (Å²) in [5, 5.41) is 10.0. The smallest absolute Gasteiger partial charge is 0.348 e. The van der Waals surface area contributed by atoms with Crippen molar-refractivity contribution >= 4 is 23.3 Å². The van der Waals surface area contributed by atoms with Gasteiger partial charge >= 0.3 is 5.97 Å². The minimum Gasteiger partial charge on any atom is -0.462 e. The molecule has 0 spiro atoms. The van der Waals surface area contributed by atoms with Crippen molar-refractivity contribution in [1.82, 2.24) is 4.90 Å². The minimum atomic E-state index is -0.599. The van der Waals surface area contributed by atoms with Gasteiger partial charge in [0.15, 0.2) is 0 Å². The third-order valence-corrected chi connectivity index (χ3v) is 5.74. The summed E-state index contributed by atoms with van der Waals surface area (Å²) < 4.78 is 4.97. The van der Waals surface area contributed by atoms with Crippen LogP contribution >= 0.6 is 11.6 Å². The Balaban J connectivity index is 1.78. The summed E-state index contributed by atoms with van der Waals surface area (Å²) in [6.07, 6.45) is 6.67. The number of nitrogens with zero attached hydrogens (tertiary/aromatic N) is 2. The van der Waals surface area contributed by atoms with Crippen LogP contribution in [0.25, 0.3) is 5.70 Å². The van der Waals surface area contributed by atoms with Gasteiger partial charge in [-0.3, -0.25) is 0 Å². The summed E-state index contributed by atoms with van der Waals surface area (Å²) in [6, 6.07) is 20.2. The number of carbonyl (C=O) groups excluding carboxylic acids is 1. The van der Waals surface area contributed by atoms with Crippen molar-refractivity contribution in [3.05, 3.63) is 88.5 Å². The molecule has 0 unspecified atom stereocenters. The van der Waals surface area contributed by atoms with E-state index in [0.29, 0.717) is 10.9 Å². The average Bonchev–Trinajstić information content (AvgIpc) is 2.79. The fourth-order valence-corrected chi connectivity index (χ4v) is 3.98. The second kappa shape index (κ2) is 11.4. The van der Waals surface area contributed by atoms with E-state index in [1.54, 1.807) is 13.0 Å². The van der Waals surface area contributed by atoms with Crippen molar-refractivity contribution in [3.63, 3.8) is 0 Å². The molecule has 0 amide bonds. The molecular weight excluding hydrogens is 408 g/mol. The number of ether oxygens (including phenoxy) is 1. The Morgan fingerprint density at radius 2 is 1.81 bits per heavy atom. The zero-order valence-corrected chi connectivity index (χ0v) is 18.5. The lowest BCUT2D eigenvalue weighted by Crippen LogP contribution is -2.33. The number of nitriles is 1. The van der Waals surface area contributed by atoms with Crippen LogP contribution in [0, 0.1) is 17.2 Å². The molecule has 1 saturated heterocycles. The molecule has 2 aromatic rings. The Bertz CT molecular complexity index is 967. The van der Waals surface area contributed by atoms with Gasteiger partial charge in [0.05, 0.1) is 6.61 Å². The summed E-state index contributed by atoms with van der Waals surface area (Å²) in [4.78, 5) is 14.3. The van der Waals surface area contributed by atoms with Crippen LogP contribution in [0.1, 0.15) is 30.9 Å². The molecule has 0 aromatic heterocycles. The second-order valence-electron chi connectivity index (χ2n) is 7.59. The summed E-state index contributed by atoms with van der Waals surface area (Å²) in [5.41, 5.74) is 3.35. The zero-order valence-electron chi connectivity index (χ0n) is 17.8. The van der Waals surface area contributed by atoms with Crippen molar-refractivity contribution in [2.45, 2.75) is 26.2 Å². The van der Waals surface area contributed by atoms with Crippen LogP contribution < -0.4 is 0 Å². The van der Waals surface area contributed by atoms with E-state index in [-0.39, 0.29) is 12.2 Å². The Kier molecular flexibility index (Phi) is 8.32. The van der Waals surface area contributed by atoms with Crippen molar-refractivity contribution in [2.75, 3.05) is 19.7 Å². The van der Waals surface area contributed by atoms with Crippen LogP contribution in [-0.2, 0) is 16.0 Å². The number of carbonyl (C=O) groups is 1. The molecule has 4 nitrogen and oxygen atoms in total. The first-order chi connectivity index (χ1) is 15.1. The highest BCUT2D eigenvalue weighted by Gasteiger charge is 2.22. The molecule has 1 heterocycles. The van der Waals surface area contributed by atoms with E-state index in [1.807, 2.05) is 36.4 Å². The topological polar surface area (TPSA) is 53.3 Å². The Morgan fingerprint density at radius 1 is 1.13 bits per heavy atom. The van der Waals surface area contributed by atoms with Crippen LogP contribution in [0.4, 0.5) is 0 Å². The number of benzene rings is 2. The lowest BCUT2D eigenvalue weighted by Gasteiger charge is -2.35. The Labute approximate surface area is 189 Å². The first-order valence-electron chi connectivity index (χ1n) is 10.6. The molecule has 3 rings (SSSR count). The van der Waals surface area contributed by atoms with E-state index in [9.17, 15) is 10.1 Å². The molecule has 0 N–H and O–H groups in total. The predicted molar refractivity (Wildman–Crippen MR) is 124 cm³/mol. The molecule has 0 saturated carbocycles. The number of esters is 1. The van der Waals surface area contributed by atoms with Crippen molar-refractivity contribution in [2.24, 2.45) is 5.92 Å². The molecule has 5 heteroatoms. The van der Waals surface area contributed by atoms with E-state index in [1.165, 1.54) is 5.56 Å². The van der Waals surface area contributed by atoms with E-state index in [2.05, 4.69) is 35.2 Å². The average molecular weight is 435 g/mol. The lowest BCUT2D eigenvalue weighted by atomic mass is 9.89. The van der Waals surface area contributed by atoms with Crippen LogP contribution in [0.3, 0.4) is 0 Å². The van der Waals surface area contributed by atoms with Gasteiger partial charge < -0.3 is 9.64 Å². The molecule has 31 heavy (non-hydrogen) atoms. The summed E-state index contributed by atoms with van der Waals surface area (Å²) in [7, 11) is 0. The number of hydrogen-bond donors (Lipinski definition) is 0. The fourth-order valence-electron chi connectivity index (χ4n) is 3.85. The van der Waals surface area contributed by atoms with Crippen LogP contribution in [-0.4, -0.2) is 30.6 Å². The number of hydrogen-bond acceptors (Lipinski definition) is 4. The standard InChI is InChI=1S/C26H27ClN2O2/c1-2-31-26(30)23(19-28)10-13-25(22-8-11-24(27)12-9-22)29-16-14-21(15-17-29)18-20-6-4-3-5-7-20/h3-13,21H,2,14-18H2,1H3/b23-10+,25-13-. The highest BCUT2D eigenvalue weighted by atomic mass is 35.5. The highest BCUT2D eigenvalue weighted by molar-refractivity contribution is 6.30. The predicted octanol–water partition coefficient (Wildman–Crippen LogP) is 5.65. The molecule has 0 aliphatic carbocycles. The first-order valence-corrected chi connectivity index (χ1v) is 11.0. The summed E-state index contributed by atoms with van der Waals surface area (Å²) in [5.74, 6) is 0.0492. The molecule has 1 fully saturated rings. The van der Waals surface area contributed by atoms with Crippen molar-refractivity contribution in [1.29, 1.82) is 5.26 Å². The maximum Gasteiger partial charge on any atom is 0.348 e. The van der Waals surface area contributed by atoms with Gasteiger partial charge in [-0.1, -0.05) is 54.1 Å². The minimum absolute atomic E-state index is 0.00715. The van der Waals surface area contributed by atoms with Gasteiger partial charge in [0.2, 0.25) is 0 Å². The van der Waals surface area contributed by atoms with Gasteiger partial charge in [0.1, 0.15) is 11.6 Å². The van der Waals surface area contributed by atoms with E-state index in [4.69, 9.17) is 16.3 Å². The van der Waals surface area contributed by atoms with Crippen LogP contribution in [0.15, 0.2) is 72.3 Å². The third kappa shape index (κ3) is 6.47. The zero-order chi connectivity index (χ0) is 22.1. The molecule has 1 aliphatic rings. The number of halogens is 1. The van der Waals surface area contributed by atoms with E-state index >= 15 is 0 Å². The molecule has 2 aromatic carbocycles. The Hall–Kier alpha value is -3.03. The normalized spacial score (nSPS) is 15.5. The van der Waals surface area contributed by atoms with E-state index < -0.39 is 5.97 Å². The molecule has 160 valence electrons. The fraction of sp³-hybridized carbons (Fsp3) is 0.308. The number of allylic oxidation sites excluding steroid dienone is 2. The Morgan fingerprint density at radius 3 is 2.42 bits per heavy atom. The summed E-state index contributed by atoms with van der Waals surface area (Å²) >= 11 is 6.08. The number of piperidine rings is 1. The monoisotopic (exact) mass is 434 g/mol. The van der Waals surface area contributed by atoms with Gasteiger partial charge in [-0.25, -0.2) is 4.79 Å². The molecule has 0 bridgehead atoms. The second-order valence-corrected chi connectivity index (χ2v) is 8.03. The summed E-state index contributed by atoms with van der Waals surface area (Å²) in [6.45, 7) is 3.80. The van der Waals surface area contributed by atoms with E-state index in [0.717, 1.165) is 43.6 Å². The molecule has 0 radical (unpaired) electrons. The van der Waals surface area contributed by atoms with Gasteiger partial charge in [-0.05, 0) is 67.5 Å². The van der Waals surface area contributed by atoms with Gasteiger partial charge in [-0.2, -0.15) is 5.26 Å². The van der Waals surface area contributed by atoms with Crippen LogP contribution in [0.2, 0.25) is 5.02 Å². The number of likely N-dealkylation sites (tertiary alicyclic amines) is 1. The van der Waals surface area contributed by atoms with Gasteiger partial charge in [0, 0.05) is 23.8 Å². The quantitative estimate of drug-likeness (QED) is 0.244. The molecule has 0 atom stereocenters. The van der Waals surface area contributed by atoms with Gasteiger partial charge in [0.25, 0.3) is 0 Å². The van der Waals surface area contributed by atoms with Crippen LogP contribution in [0.5, 0.6) is 0 Å². The maximum absolute atomic E-state index is 12.0. The van der Waals surface area contributed by atoms with Crippen molar-refractivity contribution in [3.8, 4) is 6.07 Å². The molecule has 1 aliphatic heterocycles. The first kappa shape index (κ1) is 22.7. The highest BCUT2D eigenvalue weighted by Crippen LogP contribution is 2.29.